The first kappa shape index (κ1) is 18.3. The average Bonchev–Trinajstić information content (AvgIpc) is 2.48. The zero-order chi connectivity index (χ0) is 17.6. The third kappa shape index (κ3) is 3.27. The summed E-state index contributed by atoms with van der Waals surface area (Å²) in [5.41, 5.74) is -1.95. The van der Waals surface area contributed by atoms with Crippen molar-refractivity contribution in [3.63, 3.8) is 0 Å². The minimum Gasteiger partial charge on any atom is -0.460 e. The lowest BCUT2D eigenvalue weighted by atomic mass is 9.43. The lowest BCUT2D eigenvalue weighted by Crippen LogP contribution is -2.62. The van der Waals surface area contributed by atoms with Gasteiger partial charge in [0.1, 0.15) is 12.0 Å². The quantitative estimate of drug-likeness (QED) is 0.270. The van der Waals surface area contributed by atoms with Gasteiger partial charge in [-0.05, 0) is 49.9 Å². The number of carbonyl (C=O) groups is 1. The van der Waals surface area contributed by atoms with Crippen molar-refractivity contribution in [2.75, 3.05) is 13.2 Å². The van der Waals surface area contributed by atoms with Gasteiger partial charge in [0.15, 0.2) is 0 Å². The van der Waals surface area contributed by atoms with Crippen LogP contribution in [0.25, 0.3) is 0 Å². The summed E-state index contributed by atoms with van der Waals surface area (Å²) in [6.07, 6.45) is 3.53. The highest BCUT2D eigenvalue weighted by molar-refractivity contribution is 7.96. The molecule has 0 aliphatic heterocycles. The second-order valence-electron chi connectivity index (χ2n) is 7.71. The monoisotopic (exact) mass is 370 g/mol. The minimum atomic E-state index is -4.03. The van der Waals surface area contributed by atoms with Gasteiger partial charge in [-0.2, -0.15) is 8.78 Å². The van der Waals surface area contributed by atoms with Crippen molar-refractivity contribution in [2.45, 2.75) is 49.4 Å². The Morgan fingerprint density at radius 3 is 2.50 bits per heavy atom. The molecule has 24 heavy (non-hydrogen) atoms. The highest BCUT2D eigenvalue weighted by Gasteiger charge is 2.63. The number of hydrogen-bond donors (Lipinski definition) is 3. The van der Waals surface area contributed by atoms with Crippen LogP contribution in [-0.2, 0) is 18.9 Å². The van der Waals surface area contributed by atoms with Crippen molar-refractivity contribution in [2.24, 2.45) is 16.7 Å². The summed E-state index contributed by atoms with van der Waals surface area (Å²) in [6.45, 7) is -0.322. The number of esters is 1. The van der Waals surface area contributed by atoms with Gasteiger partial charge < -0.3 is 14.9 Å². The summed E-state index contributed by atoms with van der Waals surface area (Å²) >= 11 is -0.663. The van der Waals surface area contributed by atoms with Crippen LogP contribution in [0.1, 0.15) is 38.5 Å². The van der Waals surface area contributed by atoms with Crippen LogP contribution < -0.4 is 0 Å². The standard InChI is InChI=1S/C14H20F2O7S/c15-14(16,24-23-22-20)10(18)21-8-12-2-9-1-11(4-12,7-17)5-13(19,3-9)6-12/h9,17,19-20H,1-8H2. The fourth-order valence-corrected chi connectivity index (χ4v) is 5.77. The second kappa shape index (κ2) is 6.03. The van der Waals surface area contributed by atoms with Gasteiger partial charge in [-0.3, -0.25) is 0 Å². The molecule has 4 aliphatic carbocycles. The van der Waals surface area contributed by atoms with E-state index >= 15 is 0 Å². The van der Waals surface area contributed by atoms with Crippen molar-refractivity contribution in [1.29, 1.82) is 0 Å². The number of aliphatic hydroxyl groups is 2. The third-order valence-corrected chi connectivity index (χ3v) is 6.03. The highest BCUT2D eigenvalue weighted by Crippen LogP contribution is 2.66. The molecule has 0 radical (unpaired) electrons. The van der Waals surface area contributed by atoms with Crippen LogP contribution >= 0.6 is 12.0 Å². The lowest BCUT2D eigenvalue weighted by Gasteiger charge is -2.64. The van der Waals surface area contributed by atoms with E-state index < -0.39 is 39.7 Å². The SMILES string of the molecule is O=C(OCC12CC3CC(O)(CC(CO)(C3)C1)C2)C(F)(F)SOOO. The number of halogens is 2. The van der Waals surface area contributed by atoms with Crippen molar-refractivity contribution in [3.8, 4) is 0 Å². The molecule has 0 spiro atoms. The summed E-state index contributed by atoms with van der Waals surface area (Å²) in [7, 11) is 0. The van der Waals surface area contributed by atoms with Crippen LogP contribution in [0, 0.1) is 16.7 Å². The number of hydrogen-bond acceptors (Lipinski definition) is 8. The van der Waals surface area contributed by atoms with E-state index in [1.54, 1.807) is 0 Å². The summed E-state index contributed by atoms with van der Waals surface area (Å²) in [4.78, 5) is 11.6. The number of aliphatic hydroxyl groups excluding tert-OH is 1. The van der Waals surface area contributed by atoms with Gasteiger partial charge in [-0.15, -0.1) is 4.33 Å². The van der Waals surface area contributed by atoms with Gasteiger partial charge in [0.2, 0.25) is 0 Å². The maximum atomic E-state index is 13.5. The lowest BCUT2D eigenvalue weighted by molar-refractivity contribution is -0.433. The van der Waals surface area contributed by atoms with Crippen LogP contribution in [0.2, 0.25) is 0 Å². The first-order valence-corrected chi connectivity index (χ1v) is 8.44. The molecule has 4 fully saturated rings. The molecule has 3 N–H and O–H groups in total. The summed E-state index contributed by atoms with van der Waals surface area (Å²) in [6, 6.07) is 0. The molecule has 0 saturated heterocycles. The van der Waals surface area contributed by atoms with E-state index in [1.807, 2.05) is 0 Å². The zero-order valence-corrected chi connectivity index (χ0v) is 13.7. The average molecular weight is 370 g/mol. The predicted octanol–water partition coefficient (Wildman–Crippen LogP) is 1.89. The van der Waals surface area contributed by atoms with E-state index in [1.165, 1.54) is 0 Å². The largest absolute Gasteiger partial charge is 0.460 e. The first-order chi connectivity index (χ1) is 11.2. The Morgan fingerprint density at radius 1 is 1.21 bits per heavy atom. The Morgan fingerprint density at radius 2 is 1.88 bits per heavy atom. The molecule has 0 aromatic heterocycles. The van der Waals surface area contributed by atoms with Crippen molar-refractivity contribution < 1.29 is 43.2 Å². The maximum absolute atomic E-state index is 13.5. The predicted molar refractivity (Wildman–Crippen MR) is 76.4 cm³/mol. The molecule has 4 aliphatic rings. The maximum Gasteiger partial charge on any atom is 0.415 e. The number of carbonyl (C=O) groups excluding carboxylic acids is 1. The van der Waals surface area contributed by atoms with Crippen LogP contribution in [0.5, 0.6) is 0 Å². The third-order valence-electron chi connectivity index (χ3n) is 5.52. The molecule has 0 aromatic rings. The Balaban J connectivity index is 1.68. The summed E-state index contributed by atoms with van der Waals surface area (Å²) < 4.78 is 35.3. The van der Waals surface area contributed by atoms with Crippen molar-refractivity contribution >= 4 is 18.0 Å². The number of alkyl halides is 2. The van der Waals surface area contributed by atoms with Gasteiger partial charge in [0.25, 0.3) is 0 Å². The van der Waals surface area contributed by atoms with E-state index in [0.717, 1.165) is 6.42 Å². The Hall–Kier alpha value is -0.520. The number of rotatable bonds is 7. The highest BCUT2D eigenvalue weighted by atomic mass is 32.2. The molecule has 4 rings (SSSR count). The first-order valence-electron chi connectivity index (χ1n) is 7.70. The van der Waals surface area contributed by atoms with Gasteiger partial charge >= 0.3 is 11.2 Å². The van der Waals surface area contributed by atoms with Crippen LogP contribution in [-0.4, -0.2) is 45.5 Å². The molecular weight excluding hydrogens is 350 g/mol. The zero-order valence-electron chi connectivity index (χ0n) is 12.9. The summed E-state index contributed by atoms with van der Waals surface area (Å²) in [5.74, 6) is -1.61. The van der Waals surface area contributed by atoms with Crippen LogP contribution in [0.4, 0.5) is 8.78 Å². The Kier molecular flexibility index (Phi) is 4.59. The summed E-state index contributed by atoms with van der Waals surface area (Å²) in [5, 5.41) is 27.4. The molecule has 0 aromatic carbocycles. The van der Waals surface area contributed by atoms with Gasteiger partial charge in [-0.1, -0.05) is 5.04 Å². The molecule has 7 nitrogen and oxygen atoms in total. The van der Waals surface area contributed by atoms with E-state index in [9.17, 15) is 23.8 Å². The van der Waals surface area contributed by atoms with Crippen LogP contribution in [0.15, 0.2) is 0 Å². The van der Waals surface area contributed by atoms with E-state index in [2.05, 4.69) is 9.37 Å². The fraction of sp³-hybridized carbons (Fsp3) is 0.929. The molecular formula is C14H20F2O7S. The Labute approximate surface area is 141 Å². The van der Waals surface area contributed by atoms with Crippen molar-refractivity contribution in [1.82, 2.24) is 0 Å². The molecule has 4 bridgehead atoms. The molecule has 0 amide bonds. The molecule has 0 heterocycles. The van der Waals surface area contributed by atoms with E-state index in [-0.39, 0.29) is 19.1 Å². The van der Waals surface area contributed by atoms with Crippen molar-refractivity contribution in [3.05, 3.63) is 0 Å². The fourth-order valence-electron chi connectivity index (χ4n) is 5.52. The topological polar surface area (TPSA) is 105 Å². The molecule has 138 valence electrons. The normalized spacial score (nSPS) is 40.8. The minimum absolute atomic E-state index is 0.0742. The van der Waals surface area contributed by atoms with Crippen LogP contribution in [0.3, 0.4) is 0 Å². The van der Waals surface area contributed by atoms with E-state index in [4.69, 9.17) is 9.99 Å². The molecule has 4 unspecified atom stereocenters. The van der Waals surface area contributed by atoms with Gasteiger partial charge in [-0.25, -0.2) is 10.1 Å². The second-order valence-corrected chi connectivity index (χ2v) is 8.53. The molecule has 4 saturated carbocycles. The van der Waals surface area contributed by atoms with Gasteiger partial charge in [0.05, 0.1) is 12.2 Å². The number of ether oxygens (including phenoxy) is 1. The molecule has 4 atom stereocenters. The smallest absolute Gasteiger partial charge is 0.415 e. The Bertz CT molecular complexity index is 521. The van der Waals surface area contributed by atoms with Gasteiger partial charge in [0, 0.05) is 12.0 Å². The van der Waals surface area contributed by atoms with E-state index in [0.29, 0.717) is 32.1 Å². The molecule has 10 heteroatoms.